The third kappa shape index (κ3) is 2.70. The number of oxazole rings is 1. The summed E-state index contributed by atoms with van der Waals surface area (Å²) >= 11 is 0. The van der Waals surface area contributed by atoms with Crippen LogP contribution in [0.3, 0.4) is 0 Å². The Morgan fingerprint density at radius 2 is 2.33 bits per heavy atom. The van der Waals surface area contributed by atoms with Gasteiger partial charge in [-0.15, -0.1) is 0 Å². The Bertz CT molecular complexity index is 410. The molecule has 100 valence electrons. The third-order valence-corrected chi connectivity index (χ3v) is 3.12. The number of carbonyl (C=O) groups excluding carboxylic acids is 1. The van der Waals surface area contributed by atoms with E-state index in [4.69, 9.17) is 13.9 Å². The fourth-order valence-corrected chi connectivity index (χ4v) is 1.96. The average Bonchev–Trinajstić information content (AvgIpc) is 2.68. The lowest BCUT2D eigenvalue weighted by molar-refractivity contribution is -0.153. The largest absolute Gasteiger partial charge is 0.468 e. The summed E-state index contributed by atoms with van der Waals surface area (Å²) in [5.74, 6) is 1.16. The van der Waals surface area contributed by atoms with Crippen LogP contribution in [0, 0.1) is 13.8 Å². The molecular weight excluding hydrogens is 236 g/mol. The quantitative estimate of drug-likeness (QED) is 0.738. The lowest BCUT2D eigenvalue weighted by atomic mass is 10.2. The molecule has 0 spiro atoms. The highest BCUT2D eigenvalue weighted by molar-refractivity contribution is 5.75. The number of ether oxygens (including phenoxy) is 2. The van der Waals surface area contributed by atoms with Crippen LogP contribution in [0.4, 0.5) is 0 Å². The van der Waals surface area contributed by atoms with Gasteiger partial charge in [-0.25, -0.2) is 4.98 Å². The predicted molar refractivity (Wildman–Crippen MR) is 63.0 cm³/mol. The number of esters is 1. The highest BCUT2D eigenvalue weighted by Crippen LogP contribution is 2.15. The number of aryl methyl sites for hydroxylation is 2. The van der Waals surface area contributed by atoms with Crippen LogP contribution >= 0.6 is 0 Å². The summed E-state index contributed by atoms with van der Waals surface area (Å²) in [6, 6.07) is -0.378. The van der Waals surface area contributed by atoms with Crippen molar-refractivity contribution in [3.05, 3.63) is 17.3 Å². The van der Waals surface area contributed by atoms with Crippen LogP contribution in [0.25, 0.3) is 0 Å². The minimum atomic E-state index is -0.378. The molecule has 1 saturated heterocycles. The Hall–Kier alpha value is -1.40. The van der Waals surface area contributed by atoms with E-state index in [0.717, 1.165) is 11.5 Å². The van der Waals surface area contributed by atoms with E-state index in [-0.39, 0.29) is 12.0 Å². The summed E-state index contributed by atoms with van der Waals surface area (Å²) in [6.45, 7) is 5.90. The smallest absolute Gasteiger partial charge is 0.325 e. The van der Waals surface area contributed by atoms with Crippen molar-refractivity contribution < 1.29 is 18.7 Å². The topological polar surface area (TPSA) is 64.8 Å². The minimum Gasteiger partial charge on any atom is -0.468 e. The first-order valence-corrected chi connectivity index (χ1v) is 5.94. The molecule has 0 amide bonds. The van der Waals surface area contributed by atoms with Gasteiger partial charge in [0.2, 0.25) is 5.89 Å². The summed E-state index contributed by atoms with van der Waals surface area (Å²) in [6.07, 6.45) is 0. The lowest BCUT2D eigenvalue weighted by Crippen LogP contribution is -2.49. The molecule has 0 N–H and O–H groups in total. The number of rotatable bonds is 3. The molecule has 6 heteroatoms. The monoisotopic (exact) mass is 254 g/mol. The molecule has 0 aliphatic carbocycles. The molecule has 0 aromatic carbocycles. The summed E-state index contributed by atoms with van der Waals surface area (Å²) in [5.41, 5.74) is 0.882. The van der Waals surface area contributed by atoms with Gasteiger partial charge in [-0.3, -0.25) is 9.69 Å². The van der Waals surface area contributed by atoms with Gasteiger partial charge in [0.15, 0.2) is 0 Å². The van der Waals surface area contributed by atoms with Crippen molar-refractivity contribution >= 4 is 5.97 Å². The Morgan fingerprint density at radius 1 is 1.56 bits per heavy atom. The van der Waals surface area contributed by atoms with Crippen LogP contribution < -0.4 is 0 Å². The molecular formula is C12H18N2O4. The molecule has 0 bridgehead atoms. The first-order chi connectivity index (χ1) is 8.61. The van der Waals surface area contributed by atoms with Gasteiger partial charge < -0.3 is 13.9 Å². The van der Waals surface area contributed by atoms with Crippen LogP contribution in [-0.2, 0) is 20.8 Å². The van der Waals surface area contributed by atoms with E-state index < -0.39 is 0 Å². The normalized spacial score (nSPS) is 20.9. The van der Waals surface area contributed by atoms with Crippen molar-refractivity contribution in [1.29, 1.82) is 0 Å². The first kappa shape index (κ1) is 13.0. The molecule has 1 aromatic heterocycles. The molecule has 0 radical (unpaired) electrons. The first-order valence-electron chi connectivity index (χ1n) is 5.94. The molecule has 0 saturated carbocycles. The summed E-state index contributed by atoms with van der Waals surface area (Å²) < 4.78 is 15.6. The third-order valence-electron chi connectivity index (χ3n) is 3.12. The van der Waals surface area contributed by atoms with Crippen LogP contribution in [0.1, 0.15) is 17.3 Å². The second kappa shape index (κ2) is 5.49. The van der Waals surface area contributed by atoms with E-state index in [1.165, 1.54) is 7.11 Å². The van der Waals surface area contributed by atoms with Gasteiger partial charge in [-0.2, -0.15) is 0 Å². The zero-order chi connectivity index (χ0) is 13.1. The molecule has 1 aliphatic rings. The molecule has 1 aromatic rings. The SMILES string of the molecule is COC(=O)C1COCCN1Cc1nc(C)c(C)o1. The molecule has 18 heavy (non-hydrogen) atoms. The molecule has 2 rings (SSSR count). The van der Waals surface area contributed by atoms with Crippen molar-refractivity contribution in [2.75, 3.05) is 26.9 Å². The van der Waals surface area contributed by atoms with Gasteiger partial charge in [0, 0.05) is 6.54 Å². The molecule has 1 atom stereocenters. The van der Waals surface area contributed by atoms with Gasteiger partial charge >= 0.3 is 5.97 Å². The number of morpholine rings is 1. The molecule has 1 aliphatic heterocycles. The number of hydrogen-bond acceptors (Lipinski definition) is 6. The number of nitrogens with zero attached hydrogens (tertiary/aromatic N) is 2. The van der Waals surface area contributed by atoms with Gasteiger partial charge in [-0.05, 0) is 13.8 Å². The van der Waals surface area contributed by atoms with Crippen molar-refractivity contribution in [2.24, 2.45) is 0 Å². The Balaban J connectivity index is 2.07. The number of hydrogen-bond donors (Lipinski definition) is 0. The van der Waals surface area contributed by atoms with E-state index in [2.05, 4.69) is 4.98 Å². The fourth-order valence-electron chi connectivity index (χ4n) is 1.96. The fraction of sp³-hybridized carbons (Fsp3) is 0.667. The van der Waals surface area contributed by atoms with E-state index in [1.54, 1.807) is 0 Å². The van der Waals surface area contributed by atoms with Crippen molar-refractivity contribution in [1.82, 2.24) is 9.88 Å². The maximum Gasteiger partial charge on any atom is 0.325 e. The number of carbonyl (C=O) groups is 1. The van der Waals surface area contributed by atoms with E-state index >= 15 is 0 Å². The van der Waals surface area contributed by atoms with Gasteiger partial charge in [0.25, 0.3) is 0 Å². The van der Waals surface area contributed by atoms with E-state index in [0.29, 0.717) is 32.2 Å². The Labute approximate surface area is 106 Å². The summed E-state index contributed by atoms with van der Waals surface area (Å²) in [4.78, 5) is 17.9. The van der Waals surface area contributed by atoms with Crippen LogP contribution in [-0.4, -0.2) is 48.8 Å². The molecule has 2 heterocycles. The molecule has 1 fully saturated rings. The van der Waals surface area contributed by atoms with Crippen molar-refractivity contribution in [3.8, 4) is 0 Å². The maximum absolute atomic E-state index is 11.6. The molecule has 6 nitrogen and oxygen atoms in total. The highest BCUT2D eigenvalue weighted by atomic mass is 16.5. The standard InChI is InChI=1S/C12H18N2O4/c1-8-9(2)18-11(13-8)6-14-4-5-17-7-10(14)12(15)16-3/h10H,4-7H2,1-3H3. The van der Waals surface area contributed by atoms with Crippen molar-refractivity contribution in [3.63, 3.8) is 0 Å². The van der Waals surface area contributed by atoms with Crippen LogP contribution in [0.15, 0.2) is 4.42 Å². The van der Waals surface area contributed by atoms with Gasteiger partial charge in [-0.1, -0.05) is 0 Å². The average molecular weight is 254 g/mol. The van der Waals surface area contributed by atoms with Gasteiger partial charge in [0.05, 0.1) is 32.6 Å². The highest BCUT2D eigenvalue weighted by Gasteiger charge is 2.31. The van der Waals surface area contributed by atoms with Gasteiger partial charge in [0.1, 0.15) is 11.8 Å². The number of methoxy groups -OCH3 is 1. The molecule has 1 unspecified atom stereocenters. The number of aromatic nitrogens is 1. The zero-order valence-electron chi connectivity index (χ0n) is 10.9. The summed E-state index contributed by atoms with van der Waals surface area (Å²) in [5, 5.41) is 0. The summed E-state index contributed by atoms with van der Waals surface area (Å²) in [7, 11) is 1.38. The maximum atomic E-state index is 11.6. The Kier molecular flexibility index (Phi) is 3.98. The predicted octanol–water partition coefficient (Wildman–Crippen LogP) is 0.665. The van der Waals surface area contributed by atoms with Crippen molar-refractivity contribution in [2.45, 2.75) is 26.4 Å². The zero-order valence-corrected chi connectivity index (χ0v) is 10.9. The Morgan fingerprint density at radius 3 is 2.94 bits per heavy atom. The second-order valence-electron chi connectivity index (χ2n) is 4.33. The van der Waals surface area contributed by atoms with E-state index in [1.807, 2.05) is 18.7 Å². The van der Waals surface area contributed by atoms with Crippen LogP contribution in [0.5, 0.6) is 0 Å². The van der Waals surface area contributed by atoms with Crippen LogP contribution in [0.2, 0.25) is 0 Å². The second-order valence-corrected chi connectivity index (χ2v) is 4.33. The van der Waals surface area contributed by atoms with E-state index in [9.17, 15) is 4.79 Å². The minimum absolute atomic E-state index is 0.283. The lowest BCUT2D eigenvalue weighted by Gasteiger charge is -2.32.